The Morgan fingerprint density at radius 1 is 1.16 bits per heavy atom. The Kier molecular flexibility index (Phi) is 8.61. The maximum Gasteiger partial charge on any atom is 0.254 e. The number of anilines is 2. The quantitative estimate of drug-likeness (QED) is 0.171. The number of primary amides is 1. The van der Waals surface area contributed by atoms with Crippen molar-refractivity contribution in [3.8, 4) is 5.75 Å². The number of nitrogens with zero attached hydrogens (tertiary/aromatic N) is 3. The summed E-state index contributed by atoms with van der Waals surface area (Å²) >= 11 is 0. The number of rotatable bonds is 8. The third-order valence-corrected chi connectivity index (χ3v) is 7.56. The molecular weight excluding hydrogens is 549 g/mol. The van der Waals surface area contributed by atoms with E-state index in [-0.39, 0.29) is 29.0 Å². The van der Waals surface area contributed by atoms with Gasteiger partial charge in [-0.2, -0.15) is 5.10 Å². The number of hydrogen-bond acceptors (Lipinski definition) is 6. The van der Waals surface area contributed by atoms with Crippen molar-refractivity contribution in [3.63, 3.8) is 0 Å². The molecule has 43 heavy (non-hydrogen) atoms. The van der Waals surface area contributed by atoms with E-state index in [4.69, 9.17) is 11.5 Å². The van der Waals surface area contributed by atoms with Crippen LogP contribution in [0.4, 0.5) is 15.9 Å². The fourth-order valence-electron chi connectivity index (χ4n) is 5.33. The number of aromatic nitrogens is 3. The summed E-state index contributed by atoms with van der Waals surface area (Å²) in [5.41, 5.74) is 17.3. The van der Waals surface area contributed by atoms with Crippen molar-refractivity contribution in [2.75, 3.05) is 24.1 Å². The van der Waals surface area contributed by atoms with E-state index in [0.29, 0.717) is 19.6 Å². The number of carbonyl (C=O) groups is 2. The molecule has 0 radical (unpaired) electrons. The average Bonchev–Trinajstić information content (AvgIpc) is 3.57. The number of aromatic amines is 1. The van der Waals surface area contributed by atoms with Crippen molar-refractivity contribution >= 4 is 34.7 Å². The summed E-state index contributed by atoms with van der Waals surface area (Å²) < 4.78 is 13.8. The Balaban J connectivity index is 0.000000351. The van der Waals surface area contributed by atoms with Crippen LogP contribution in [0.3, 0.4) is 0 Å². The Hall–Kier alpha value is -5.32. The highest BCUT2D eigenvalue weighted by atomic mass is 19.1. The average molecular weight is 584 g/mol. The maximum absolute atomic E-state index is 12.2. The van der Waals surface area contributed by atoms with Crippen LogP contribution in [-0.2, 0) is 24.2 Å². The normalized spacial score (nSPS) is 14.1. The number of fused-ring (bicyclic) bond motifs is 3. The van der Waals surface area contributed by atoms with E-state index < -0.39 is 5.91 Å². The third kappa shape index (κ3) is 6.45. The molecule has 6 rings (SSSR count). The Morgan fingerprint density at radius 2 is 1.91 bits per heavy atom. The van der Waals surface area contributed by atoms with E-state index in [0.717, 1.165) is 52.7 Å². The lowest BCUT2D eigenvalue weighted by Gasteiger charge is -2.33. The molecule has 0 bridgehead atoms. The summed E-state index contributed by atoms with van der Waals surface area (Å²) in [6.45, 7) is 3.72. The number of nitrogens with one attached hydrogen (secondary N) is 2. The molecule has 0 fully saturated rings. The molecule has 0 aliphatic carbocycles. The van der Waals surface area contributed by atoms with Crippen LogP contribution in [0.15, 0.2) is 72.9 Å². The molecule has 1 aliphatic rings. The molecule has 5 aromatic rings. The molecule has 1 unspecified atom stereocenters. The topological polar surface area (TPSA) is 155 Å². The number of hydrogen-bond donors (Lipinski definition) is 5. The zero-order valence-corrected chi connectivity index (χ0v) is 23.8. The molecule has 10 nitrogen and oxygen atoms in total. The number of nitrogen functional groups attached to an aromatic ring is 1. The fraction of sp³-hybridized carbons (Fsp3) is 0.219. The number of phenolic OH excluding ortho intramolecular Hbond substituents is 1. The highest BCUT2D eigenvalue weighted by Crippen LogP contribution is 2.38. The van der Waals surface area contributed by atoms with Gasteiger partial charge in [0.25, 0.3) is 5.91 Å². The Labute approximate surface area is 248 Å². The van der Waals surface area contributed by atoms with Gasteiger partial charge in [-0.3, -0.25) is 14.3 Å². The first kappa shape index (κ1) is 29.2. The van der Waals surface area contributed by atoms with Crippen molar-refractivity contribution in [2.24, 2.45) is 5.73 Å². The monoisotopic (exact) mass is 583 g/mol. The summed E-state index contributed by atoms with van der Waals surface area (Å²) in [7, 11) is 0. The van der Waals surface area contributed by atoms with E-state index >= 15 is 0 Å². The Bertz CT molecular complexity index is 1730. The summed E-state index contributed by atoms with van der Waals surface area (Å²) in [6.07, 6.45) is 4.12. The van der Waals surface area contributed by atoms with Gasteiger partial charge in [0.1, 0.15) is 17.1 Å². The van der Waals surface area contributed by atoms with Gasteiger partial charge in [-0.25, -0.2) is 4.39 Å². The minimum atomic E-state index is -0.602. The number of carbonyl (C=O) groups excluding carboxylic acids is 2. The maximum atomic E-state index is 12.2. The second-order valence-corrected chi connectivity index (χ2v) is 10.3. The van der Waals surface area contributed by atoms with Gasteiger partial charge in [-0.15, -0.1) is 0 Å². The highest BCUT2D eigenvalue weighted by Gasteiger charge is 2.31. The highest BCUT2D eigenvalue weighted by molar-refractivity contribution is 5.96. The first-order valence-corrected chi connectivity index (χ1v) is 14.0. The fourth-order valence-corrected chi connectivity index (χ4v) is 5.33. The van der Waals surface area contributed by atoms with Crippen molar-refractivity contribution < 1.29 is 19.1 Å². The predicted molar refractivity (Wildman–Crippen MR) is 164 cm³/mol. The van der Waals surface area contributed by atoms with Gasteiger partial charge in [-0.05, 0) is 72.0 Å². The molecule has 2 aromatic heterocycles. The molecule has 3 heterocycles. The second kappa shape index (κ2) is 12.7. The van der Waals surface area contributed by atoms with Crippen LogP contribution < -0.4 is 16.8 Å². The molecule has 0 saturated heterocycles. The molecule has 0 spiro atoms. The van der Waals surface area contributed by atoms with Crippen LogP contribution in [-0.4, -0.2) is 50.2 Å². The van der Waals surface area contributed by atoms with Crippen molar-refractivity contribution in [1.29, 1.82) is 0 Å². The van der Waals surface area contributed by atoms with Gasteiger partial charge < -0.3 is 31.8 Å². The van der Waals surface area contributed by atoms with Gasteiger partial charge in [0, 0.05) is 41.6 Å². The van der Waals surface area contributed by atoms with Crippen LogP contribution in [0.25, 0.3) is 10.9 Å². The second-order valence-electron chi connectivity index (χ2n) is 10.3. The molecule has 222 valence electrons. The van der Waals surface area contributed by atoms with E-state index in [1.165, 1.54) is 23.9 Å². The zero-order chi connectivity index (χ0) is 30.5. The summed E-state index contributed by atoms with van der Waals surface area (Å²) in [6, 6.07) is 19.6. The lowest BCUT2D eigenvalue weighted by atomic mass is 9.92. The van der Waals surface area contributed by atoms with Gasteiger partial charge >= 0.3 is 0 Å². The largest absolute Gasteiger partial charge is 0.508 e. The number of aryl methyl sites for hydroxylation is 1. The predicted octanol–water partition coefficient (Wildman–Crippen LogP) is 4.36. The lowest BCUT2D eigenvalue weighted by Crippen LogP contribution is -2.34. The van der Waals surface area contributed by atoms with Gasteiger partial charge in [-0.1, -0.05) is 31.2 Å². The SMILES string of the molecule is CCc1ccc(F)cc1.NC(=O)c1cn(CCNc2ccc(C3c4[nH]c5ccc(O)cc5c4CCN3C=O)cc2)nc1N. The summed E-state index contributed by atoms with van der Waals surface area (Å²) in [5, 5.41) is 18.3. The van der Waals surface area contributed by atoms with Crippen LogP contribution in [0.5, 0.6) is 5.75 Å². The summed E-state index contributed by atoms with van der Waals surface area (Å²) in [4.78, 5) is 28.4. The molecule has 3 aromatic carbocycles. The standard InChI is InChI=1S/C24H25N7O3.C8H9F/c25-23-19(24(26)34)12-31(29-23)10-8-27-15-3-1-14(2-4-15)22-21-17(7-9-30(22)13-32)18-11-16(33)5-6-20(18)28-21;1-2-7-3-5-8(9)6-4-7/h1-6,11-13,22,27-28,33H,7-10H2,(H2,25,29)(H2,26,34);3-6H,2H2,1H3. The first-order chi connectivity index (χ1) is 20.8. The molecular formula is C32H34FN7O3. The number of aromatic hydroxyl groups is 1. The van der Waals surface area contributed by atoms with Crippen molar-refractivity contribution in [3.05, 3.63) is 107 Å². The molecule has 11 heteroatoms. The number of H-pyrrole nitrogens is 1. The third-order valence-electron chi connectivity index (χ3n) is 7.56. The molecule has 1 atom stereocenters. The number of amides is 2. The van der Waals surface area contributed by atoms with Gasteiger partial charge in [0.05, 0.1) is 12.6 Å². The number of benzene rings is 3. The molecule has 1 aliphatic heterocycles. The van der Waals surface area contributed by atoms with Crippen LogP contribution in [0, 0.1) is 5.82 Å². The zero-order valence-electron chi connectivity index (χ0n) is 23.8. The first-order valence-electron chi connectivity index (χ1n) is 14.0. The van der Waals surface area contributed by atoms with E-state index in [2.05, 4.69) is 15.4 Å². The van der Waals surface area contributed by atoms with Crippen molar-refractivity contribution in [1.82, 2.24) is 19.7 Å². The Morgan fingerprint density at radius 3 is 2.56 bits per heavy atom. The number of halogens is 1. The lowest BCUT2D eigenvalue weighted by molar-refractivity contribution is -0.120. The minimum Gasteiger partial charge on any atom is -0.508 e. The smallest absolute Gasteiger partial charge is 0.254 e. The number of nitrogens with two attached hydrogens (primary N) is 2. The van der Waals surface area contributed by atoms with Crippen molar-refractivity contribution in [2.45, 2.75) is 32.4 Å². The van der Waals surface area contributed by atoms with E-state index in [1.807, 2.05) is 37.3 Å². The molecule has 2 amide bonds. The van der Waals surface area contributed by atoms with Crippen LogP contribution >= 0.6 is 0 Å². The van der Waals surface area contributed by atoms with E-state index in [9.17, 15) is 19.1 Å². The minimum absolute atomic E-state index is 0.121. The van der Waals surface area contributed by atoms with Crippen LogP contribution in [0.2, 0.25) is 0 Å². The number of phenols is 1. The molecule has 7 N–H and O–H groups in total. The van der Waals surface area contributed by atoms with Gasteiger partial charge in [0.15, 0.2) is 5.82 Å². The summed E-state index contributed by atoms with van der Waals surface area (Å²) in [5.74, 6) is -0.417. The molecule has 0 saturated carbocycles. The van der Waals surface area contributed by atoms with Crippen LogP contribution in [0.1, 0.15) is 45.7 Å². The van der Waals surface area contributed by atoms with Gasteiger partial charge in [0.2, 0.25) is 6.41 Å². The van der Waals surface area contributed by atoms with E-state index in [1.54, 1.807) is 33.8 Å².